The first kappa shape index (κ1) is 23.1. The molecular weight excluding hydrogens is 470 g/mol. The van der Waals surface area contributed by atoms with Gasteiger partial charge in [-0.1, -0.05) is 128 Å². The van der Waals surface area contributed by atoms with Gasteiger partial charge in [-0.05, 0) is 57.6 Å². The molecule has 0 spiro atoms. The maximum atomic E-state index is 5.33. The van der Waals surface area contributed by atoms with Crippen LogP contribution >= 0.6 is 0 Å². The molecule has 0 bridgehead atoms. The van der Waals surface area contributed by atoms with Crippen LogP contribution in [-0.2, 0) is 0 Å². The molecule has 7 rings (SSSR count). The standard InChI is InChI=1S/C38H27N/c1-3-10-26-17-18-30(23-25(26)4-2)29-13-9-14-31(24-29)36-34-21-19-27-11-5-7-15-32(27)37(34)39-38-33-16-8-6-12-28(33)20-22-35(36)38/h3-24H,2H2,1H3/b10-3-. The Morgan fingerprint density at radius 2 is 1.15 bits per heavy atom. The molecule has 0 aliphatic rings. The fourth-order valence-electron chi connectivity index (χ4n) is 5.84. The molecule has 1 nitrogen and oxygen atoms in total. The van der Waals surface area contributed by atoms with Crippen LogP contribution in [0.2, 0.25) is 0 Å². The van der Waals surface area contributed by atoms with E-state index in [-0.39, 0.29) is 0 Å². The number of nitrogens with zero attached hydrogens (tertiary/aromatic N) is 1. The quantitative estimate of drug-likeness (QED) is 0.174. The zero-order valence-electron chi connectivity index (χ0n) is 21.9. The molecule has 0 amide bonds. The molecule has 6 aromatic carbocycles. The van der Waals surface area contributed by atoms with Crippen LogP contribution in [0.15, 0.2) is 128 Å². The minimum absolute atomic E-state index is 1.04. The number of pyridine rings is 1. The van der Waals surface area contributed by atoms with Crippen LogP contribution in [0.3, 0.4) is 0 Å². The Bertz CT molecular complexity index is 2000. The van der Waals surface area contributed by atoms with Crippen LogP contribution in [-0.4, -0.2) is 4.98 Å². The highest BCUT2D eigenvalue weighted by Gasteiger charge is 2.16. The molecule has 1 aromatic heterocycles. The van der Waals surface area contributed by atoms with E-state index in [0.29, 0.717) is 0 Å². The average Bonchev–Trinajstić information content (AvgIpc) is 3.00. The smallest absolute Gasteiger partial charge is 0.0794 e. The van der Waals surface area contributed by atoms with Crippen LogP contribution in [0.1, 0.15) is 18.1 Å². The van der Waals surface area contributed by atoms with Gasteiger partial charge < -0.3 is 0 Å². The fraction of sp³-hybridized carbons (Fsp3) is 0.0263. The largest absolute Gasteiger partial charge is 0.246 e. The van der Waals surface area contributed by atoms with Gasteiger partial charge in [-0.15, -0.1) is 0 Å². The van der Waals surface area contributed by atoms with Gasteiger partial charge in [0.15, 0.2) is 0 Å². The Morgan fingerprint density at radius 3 is 1.79 bits per heavy atom. The van der Waals surface area contributed by atoms with Crippen molar-refractivity contribution in [1.82, 2.24) is 4.98 Å². The van der Waals surface area contributed by atoms with Gasteiger partial charge in [-0.25, -0.2) is 4.98 Å². The van der Waals surface area contributed by atoms with Gasteiger partial charge in [0, 0.05) is 27.1 Å². The first-order valence-corrected chi connectivity index (χ1v) is 13.4. The van der Waals surface area contributed by atoms with Gasteiger partial charge in [0.1, 0.15) is 0 Å². The van der Waals surface area contributed by atoms with Crippen molar-refractivity contribution in [3.05, 3.63) is 139 Å². The highest BCUT2D eigenvalue weighted by molar-refractivity contribution is 6.21. The molecule has 0 aliphatic carbocycles. The summed E-state index contributed by atoms with van der Waals surface area (Å²) in [6.45, 7) is 6.09. The summed E-state index contributed by atoms with van der Waals surface area (Å²) in [5.41, 5.74) is 9.17. The SMILES string of the molecule is C=Cc1cc(-c2cccc(-c3c4ccc5ccccc5c4nc4c3ccc3ccccc34)c2)ccc1/C=C\C. The van der Waals surface area contributed by atoms with Crippen molar-refractivity contribution in [2.24, 2.45) is 0 Å². The number of hydrogen-bond donors (Lipinski definition) is 0. The number of hydrogen-bond acceptors (Lipinski definition) is 1. The van der Waals surface area contributed by atoms with Crippen molar-refractivity contribution in [3.8, 4) is 22.3 Å². The third-order valence-electron chi connectivity index (χ3n) is 7.70. The summed E-state index contributed by atoms with van der Waals surface area (Å²) in [6, 6.07) is 41.5. The van der Waals surface area contributed by atoms with Crippen LogP contribution in [0, 0.1) is 0 Å². The Balaban J connectivity index is 1.55. The minimum Gasteiger partial charge on any atom is -0.246 e. The van der Waals surface area contributed by atoms with Gasteiger partial charge in [-0.3, -0.25) is 0 Å². The molecule has 0 radical (unpaired) electrons. The molecular formula is C38H27N. The Morgan fingerprint density at radius 1 is 0.538 bits per heavy atom. The van der Waals surface area contributed by atoms with Gasteiger partial charge in [-0.2, -0.15) is 0 Å². The monoisotopic (exact) mass is 497 g/mol. The molecule has 0 aliphatic heterocycles. The summed E-state index contributed by atoms with van der Waals surface area (Å²) in [5.74, 6) is 0. The summed E-state index contributed by atoms with van der Waals surface area (Å²) >= 11 is 0. The molecule has 0 saturated heterocycles. The molecule has 0 atom stereocenters. The second-order valence-corrected chi connectivity index (χ2v) is 9.98. The van der Waals surface area contributed by atoms with Crippen LogP contribution in [0.5, 0.6) is 0 Å². The van der Waals surface area contributed by atoms with Crippen molar-refractivity contribution in [3.63, 3.8) is 0 Å². The zero-order chi connectivity index (χ0) is 26.3. The molecule has 7 aromatic rings. The second-order valence-electron chi connectivity index (χ2n) is 9.98. The van der Waals surface area contributed by atoms with Crippen LogP contribution in [0.25, 0.3) is 77.8 Å². The van der Waals surface area contributed by atoms with Gasteiger partial charge >= 0.3 is 0 Å². The number of fused-ring (bicyclic) bond motifs is 6. The third kappa shape index (κ3) is 3.83. The lowest BCUT2D eigenvalue weighted by Crippen LogP contribution is -1.92. The first-order valence-electron chi connectivity index (χ1n) is 13.4. The third-order valence-corrected chi connectivity index (χ3v) is 7.70. The Hall–Kier alpha value is -5.01. The van der Waals surface area contributed by atoms with Crippen molar-refractivity contribution in [1.29, 1.82) is 0 Å². The zero-order valence-corrected chi connectivity index (χ0v) is 21.9. The van der Waals surface area contributed by atoms with Crippen LogP contribution in [0.4, 0.5) is 0 Å². The molecule has 0 fully saturated rings. The molecule has 0 unspecified atom stereocenters. The lowest BCUT2D eigenvalue weighted by atomic mass is 9.90. The van der Waals surface area contributed by atoms with E-state index in [1.54, 1.807) is 0 Å². The lowest BCUT2D eigenvalue weighted by Gasteiger charge is -2.16. The van der Waals surface area contributed by atoms with Crippen molar-refractivity contribution in [2.45, 2.75) is 6.92 Å². The van der Waals surface area contributed by atoms with Gasteiger partial charge in [0.05, 0.1) is 11.0 Å². The summed E-state index contributed by atoms with van der Waals surface area (Å²) in [6.07, 6.45) is 6.12. The summed E-state index contributed by atoms with van der Waals surface area (Å²) in [5, 5.41) is 7.10. The predicted molar refractivity (Wildman–Crippen MR) is 170 cm³/mol. The minimum atomic E-state index is 1.04. The lowest BCUT2D eigenvalue weighted by molar-refractivity contribution is 1.52. The Labute approximate surface area is 228 Å². The second kappa shape index (κ2) is 9.38. The molecule has 1 heterocycles. The molecule has 0 N–H and O–H groups in total. The summed E-state index contributed by atoms with van der Waals surface area (Å²) in [7, 11) is 0. The van der Waals surface area contributed by atoms with E-state index in [0.717, 1.165) is 16.6 Å². The molecule has 39 heavy (non-hydrogen) atoms. The van der Waals surface area contributed by atoms with E-state index < -0.39 is 0 Å². The van der Waals surface area contributed by atoms with E-state index in [1.165, 1.54) is 60.1 Å². The van der Waals surface area contributed by atoms with Gasteiger partial charge in [0.25, 0.3) is 0 Å². The highest BCUT2D eigenvalue weighted by Crippen LogP contribution is 2.40. The first-order chi connectivity index (χ1) is 19.2. The maximum Gasteiger partial charge on any atom is 0.0794 e. The van der Waals surface area contributed by atoms with E-state index in [1.807, 2.05) is 13.0 Å². The van der Waals surface area contributed by atoms with Gasteiger partial charge in [0.2, 0.25) is 0 Å². The number of benzene rings is 6. The van der Waals surface area contributed by atoms with E-state index in [2.05, 4.69) is 134 Å². The van der Waals surface area contributed by atoms with E-state index in [4.69, 9.17) is 4.98 Å². The number of allylic oxidation sites excluding steroid dienone is 1. The van der Waals surface area contributed by atoms with Crippen molar-refractivity contribution < 1.29 is 0 Å². The predicted octanol–water partition coefficient (Wildman–Crippen LogP) is 10.7. The van der Waals surface area contributed by atoms with Crippen molar-refractivity contribution in [2.75, 3.05) is 0 Å². The van der Waals surface area contributed by atoms with E-state index >= 15 is 0 Å². The topological polar surface area (TPSA) is 12.9 Å². The van der Waals surface area contributed by atoms with E-state index in [9.17, 15) is 0 Å². The molecule has 184 valence electrons. The number of rotatable bonds is 4. The van der Waals surface area contributed by atoms with Crippen molar-refractivity contribution >= 4 is 55.5 Å². The molecule has 1 heteroatoms. The number of aromatic nitrogens is 1. The van der Waals surface area contributed by atoms with Crippen LogP contribution < -0.4 is 0 Å². The fourth-order valence-corrected chi connectivity index (χ4v) is 5.84. The Kier molecular flexibility index (Phi) is 5.56. The molecule has 0 saturated carbocycles. The average molecular weight is 498 g/mol. The normalized spacial score (nSPS) is 11.7. The summed E-state index contributed by atoms with van der Waals surface area (Å²) in [4.78, 5) is 5.33. The maximum absolute atomic E-state index is 5.33. The highest BCUT2D eigenvalue weighted by atomic mass is 14.7. The summed E-state index contributed by atoms with van der Waals surface area (Å²) < 4.78 is 0.